The second kappa shape index (κ2) is 7.37. The summed E-state index contributed by atoms with van der Waals surface area (Å²) in [7, 11) is -3.47. The fourth-order valence-corrected chi connectivity index (χ4v) is 4.43. The van der Waals surface area contributed by atoms with Gasteiger partial charge in [0.05, 0.1) is 4.90 Å². The highest BCUT2D eigenvalue weighted by atomic mass is 32.2. The van der Waals surface area contributed by atoms with E-state index in [0.717, 1.165) is 18.4 Å². The quantitative estimate of drug-likeness (QED) is 0.810. The Balaban J connectivity index is 1.59. The Morgan fingerprint density at radius 1 is 1.00 bits per heavy atom. The largest absolute Gasteiger partial charge is 0.240 e. The van der Waals surface area contributed by atoms with Gasteiger partial charge in [-0.3, -0.25) is 0 Å². The van der Waals surface area contributed by atoms with Gasteiger partial charge >= 0.3 is 0 Å². The lowest BCUT2D eigenvalue weighted by molar-refractivity contribution is 0.411. The van der Waals surface area contributed by atoms with Crippen LogP contribution in [0.25, 0.3) is 5.57 Å². The van der Waals surface area contributed by atoms with Crippen LogP contribution in [0.15, 0.2) is 59.5 Å². The van der Waals surface area contributed by atoms with E-state index in [0.29, 0.717) is 17.9 Å². The Bertz CT molecular complexity index is 904. The van der Waals surface area contributed by atoms with Gasteiger partial charge in [-0.05, 0) is 59.1 Å². The van der Waals surface area contributed by atoms with E-state index in [2.05, 4.69) is 43.7 Å². The molecular weight excluding hydrogens is 342 g/mol. The van der Waals surface area contributed by atoms with Crippen LogP contribution < -0.4 is 4.72 Å². The predicted molar refractivity (Wildman–Crippen MR) is 108 cm³/mol. The predicted octanol–water partition coefficient (Wildman–Crippen LogP) is 4.58. The normalized spacial score (nSPS) is 14.2. The molecule has 0 saturated heterocycles. The van der Waals surface area contributed by atoms with E-state index in [1.165, 1.54) is 16.7 Å². The third kappa shape index (κ3) is 4.63. The van der Waals surface area contributed by atoms with Crippen LogP contribution in [0.5, 0.6) is 0 Å². The average Bonchev–Trinajstić information content (AvgIpc) is 2.97. The van der Waals surface area contributed by atoms with Crippen molar-refractivity contribution in [2.45, 2.75) is 44.9 Å². The third-order valence-electron chi connectivity index (χ3n) is 4.59. The molecule has 0 amide bonds. The zero-order valence-electron chi connectivity index (χ0n) is 15.7. The first-order valence-electron chi connectivity index (χ1n) is 9.10. The Kier molecular flexibility index (Phi) is 5.35. The molecule has 0 saturated carbocycles. The molecule has 138 valence electrons. The number of hydrogen-bond acceptors (Lipinski definition) is 2. The number of rotatable bonds is 6. The molecule has 0 radical (unpaired) electrons. The smallest absolute Gasteiger partial charge is 0.211 e. The summed E-state index contributed by atoms with van der Waals surface area (Å²) in [6, 6.07) is 15.5. The third-order valence-corrected chi connectivity index (χ3v) is 6.06. The molecular formula is C22H27NO2S. The van der Waals surface area contributed by atoms with Gasteiger partial charge in [0.25, 0.3) is 0 Å². The average molecular weight is 370 g/mol. The molecule has 0 heterocycles. The van der Waals surface area contributed by atoms with Crippen molar-refractivity contribution in [3.8, 4) is 0 Å². The van der Waals surface area contributed by atoms with Crippen molar-refractivity contribution < 1.29 is 8.42 Å². The maximum absolute atomic E-state index is 12.5. The molecule has 0 bridgehead atoms. The fraction of sp³-hybridized carbons (Fsp3) is 0.364. The SMILES string of the molecule is CC(C)(C)Cc1ccc(S(=O)(=O)NCCC2=CCc3ccccc32)cc1. The van der Waals surface area contributed by atoms with Gasteiger partial charge in [0.2, 0.25) is 10.0 Å². The highest BCUT2D eigenvalue weighted by molar-refractivity contribution is 7.89. The van der Waals surface area contributed by atoms with Crippen molar-refractivity contribution in [1.82, 2.24) is 4.72 Å². The topological polar surface area (TPSA) is 46.2 Å². The van der Waals surface area contributed by atoms with Gasteiger partial charge in [0, 0.05) is 6.54 Å². The van der Waals surface area contributed by atoms with Crippen molar-refractivity contribution in [3.63, 3.8) is 0 Å². The Morgan fingerprint density at radius 3 is 2.38 bits per heavy atom. The first-order valence-corrected chi connectivity index (χ1v) is 10.6. The van der Waals surface area contributed by atoms with E-state index in [9.17, 15) is 8.42 Å². The van der Waals surface area contributed by atoms with Crippen LogP contribution in [0.4, 0.5) is 0 Å². The van der Waals surface area contributed by atoms with Gasteiger partial charge in [-0.15, -0.1) is 0 Å². The fourth-order valence-electron chi connectivity index (χ4n) is 3.39. The van der Waals surface area contributed by atoms with Crippen molar-refractivity contribution in [3.05, 3.63) is 71.3 Å². The molecule has 0 fully saturated rings. The van der Waals surface area contributed by atoms with Gasteiger partial charge in [-0.2, -0.15) is 0 Å². The second-order valence-electron chi connectivity index (χ2n) is 8.12. The summed E-state index contributed by atoms with van der Waals surface area (Å²) in [5.74, 6) is 0. The standard InChI is InChI=1S/C22H27NO2S/c1-22(2,3)16-17-8-12-20(13-9-17)26(24,25)23-15-14-19-11-10-18-6-4-5-7-21(18)19/h4-9,11-13,23H,10,14-16H2,1-3H3. The van der Waals surface area contributed by atoms with E-state index in [-0.39, 0.29) is 5.41 Å². The molecule has 0 aromatic heterocycles. The van der Waals surface area contributed by atoms with Crippen molar-refractivity contribution in [2.24, 2.45) is 5.41 Å². The molecule has 1 aliphatic rings. The highest BCUT2D eigenvalue weighted by Gasteiger charge is 2.17. The maximum atomic E-state index is 12.5. The Hall–Kier alpha value is -1.91. The first-order chi connectivity index (χ1) is 12.2. The lowest BCUT2D eigenvalue weighted by atomic mass is 9.88. The molecule has 2 aromatic carbocycles. The summed E-state index contributed by atoms with van der Waals surface area (Å²) < 4.78 is 27.8. The van der Waals surface area contributed by atoms with E-state index in [1.807, 2.05) is 24.3 Å². The molecule has 1 aliphatic carbocycles. The molecule has 1 N–H and O–H groups in total. The number of hydrogen-bond donors (Lipinski definition) is 1. The maximum Gasteiger partial charge on any atom is 0.240 e. The second-order valence-corrected chi connectivity index (χ2v) is 9.89. The van der Waals surface area contributed by atoms with Gasteiger partial charge in [0.15, 0.2) is 0 Å². The van der Waals surface area contributed by atoms with Crippen LogP contribution in [0.1, 0.15) is 43.9 Å². The van der Waals surface area contributed by atoms with Crippen LogP contribution in [0.3, 0.4) is 0 Å². The van der Waals surface area contributed by atoms with Crippen molar-refractivity contribution in [2.75, 3.05) is 6.54 Å². The zero-order valence-corrected chi connectivity index (χ0v) is 16.6. The lowest BCUT2D eigenvalue weighted by Crippen LogP contribution is -2.25. The molecule has 2 aromatic rings. The monoisotopic (exact) mass is 369 g/mol. The van der Waals surface area contributed by atoms with Crippen LogP contribution in [0.2, 0.25) is 0 Å². The molecule has 0 atom stereocenters. The molecule has 4 heteroatoms. The van der Waals surface area contributed by atoms with E-state index in [4.69, 9.17) is 0 Å². The van der Waals surface area contributed by atoms with Gasteiger partial charge in [0.1, 0.15) is 0 Å². The van der Waals surface area contributed by atoms with Crippen LogP contribution >= 0.6 is 0 Å². The number of allylic oxidation sites excluding steroid dienone is 1. The van der Waals surface area contributed by atoms with Crippen LogP contribution in [0, 0.1) is 5.41 Å². The van der Waals surface area contributed by atoms with E-state index >= 15 is 0 Å². The minimum atomic E-state index is -3.47. The number of fused-ring (bicyclic) bond motifs is 1. The van der Waals surface area contributed by atoms with Gasteiger partial charge in [-0.1, -0.05) is 63.2 Å². The summed E-state index contributed by atoms with van der Waals surface area (Å²) in [4.78, 5) is 0.330. The minimum absolute atomic E-state index is 0.184. The molecule has 0 aliphatic heterocycles. The van der Waals surface area contributed by atoms with E-state index in [1.54, 1.807) is 12.1 Å². The molecule has 0 spiro atoms. The summed E-state index contributed by atoms with van der Waals surface area (Å²) >= 11 is 0. The Labute approximate surface area is 157 Å². The molecule has 3 nitrogen and oxygen atoms in total. The number of nitrogens with one attached hydrogen (secondary N) is 1. The van der Waals surface area contributed by atoms with E-state index < -0.39 is 10.0 Å². The molecule has 0 unspecified atom stereocenters. The summed E-state index contributed by atoms with van der Waals surface area (Å²) in [5.41, 5.74) is 5.13. The van der Waals surface area contributed by atoms with Crippen LogP contribution in [-0.4, -0.2) is 15.0 Å². The highest BCUT2D eigenvalue weighted by Crippen LogP contribution is 2.29. The van der Waals surface area contributed by atoms with Gasteiger partial charge < -0.3 is 0 Å². The zero-order chi connectivity index (χ0) is 18.8. The van der Waals surface area contributed by atoms with Crippen molar-refractivity contribution >= 4 is 15.6 Å². The molecule has 3 rings (SSSR count). The van der Waals surface area contributed by atoms with Crippen LogP contribution in [-0.2, 0) is 22.9 Å². The number of sulfonamides is 1. The number of benzene rings is 2. The summed E-state index contributed by atoms with van der Waals surface area (Å²) in [5, 5.41) is 0. The van der Waals surface area contributed by atoms with Gasteiger partial charge in [-0.25, -0.2) is 13.1 Å². The lowest BCUT2D eigenvalue weighted by Gasteiger charge is -2.18. The summed E-state index contributed by atoms with van der Waals surface area (Å²) in [6.45, 7) is 6.94. The molecule has 26 heavy (non-hydrogen) atoms. The first kappa shape index (κ1) is 18.9. The Morgan fingerprint density at radius 2 is 1.69 bits per heavy atom. The summed E-state index contributed by atoms with van der Waals surface area (Å²) in [6.07, 6.45) is 4.76. The van der Waals surface area contributed by atoms with Crippen molar-refractivity contribution in [1.29, 1.82) is 0 Å². The minimum Gasteiger partial charge on any atom is -0.211 e.